The lowest BCUT2D eigenvalue weighted by molar-refractivity contribution is -0.153. The van der Waals surface area contributed by atoms with E-state index in [-0.39, 0.29) is 41.9 Å². The molecule has 0 radical (unpaired) electrons. The minimum Gasteiger partial charge on any atom is -0.462 e. The first-order valence-corrected chi connectivity index (χ1v) is 12.1. The number of benzene rings is 2. The molecule has 0 aliphatic heterocycles. The van der Waals surface area contributed by atoms with Crippen LogP contribution in [0.25, 0.3) is 11.4 Å². The Kier molecular flexibility index (Phi) is 10.2. The molecule has 0 aliphatic carbocycles. The van der Waals surface area contributed by atoms with Crippen LogP contribution in [0.15, 0.2) is 42.5 Å². The lowest BCUT2D eigenvalue weighted by atomic mass is 10.1. The van der Waals surface area contributed by atoms with Crippen LogP contribution in [-0.4, -0.2) is 34.1 Å². The van der Waals surface area contributed by atoms with Crippen molar-refractivity contribution in [2.75, 3.05) is 11.9 Å². The van der Waals surface area contributed by atoms with Crippen LogP contribution in [0, 0.1) is 18.6 Å². The fourth-order valence-electron chi connectivity index (χ4n) is 3.32. The molecule has 7 nitrogen and oxygen atoms in total. The zero-order valence-corrected chi connectivity index (χ0v) is 22.2. The van der Waals surface area contributed by atoms with Crippen LogP contribution < -0.4 is 5.32 Å². The Labute approximate surface area is 216 Å². The summed E-state index contributed by atoms with van der Waals surface area (Å²) < 4.78 is 39.2. The number of esters is 2. The Bertz CT molecular complexity index is 1220. The van der Waals surface area contributed by atoms with Gasteiger partial charge in [-0.2, -0.15) is 0 Å². The molecule has 3 rings (SSSR count). The molecule has 0 unspecified atom stereocenters. The van der Waals surface area contributed by atoms with Gasteiger partial charge in [-0.1, -0.05) is 32.0 Å². The van der Waals surface area contributed by atoms with Gasteiger partial charge in [0.2, 0.25) is 0 Å². The Balaban J connectivity index is 0.00000235. The number of carbonyl (C=O) groups excluding carboxylic acids is 2. The Morgan fingerprint density at radius 1 is 0.973 bits per heavy atom. The number of aryl methyl sites for hydroxylation is 1. The van der Waals surface area contributed by atoms with Crippen molar-refractivity contribution in [3.8, 4) is 11.4 Å². The summed E-state index contributed by atoms with van der Waals surface area (Å²) in [5.74, 6) is -2.86. The molecule has 198 valence electrons. The molecule has 1 heterocycles. The highest BCUT2D eigenvalue weighted by Crippen LogP contribution is 2.29. The quantitative estimate of drug-likeness (QED) is 0.358. The van der Waals surface area contributed by atoms with E-state index in [1.807, 2.05) is 13.8 Å². The van der Waals surface area contributed by atoms with Crippen molar-refractivity contribution in [3.63, 3.8) is 0 Å². The Hall–Kier alpha value is -3.88. The number of carbonyl (C=O) groups is 2. The molecule has 9 heteroatoms. The van der Waals surface area contributed by atoms with Crippen molar-refractivity contribution < 1.29 is 27.8 Å². The van der Waals surface area contributed by atoms with Crippen molar-refractivity contribution in [3.05, 3.63) is 70.9 Å². The highest BCUT2D eigenvalue weighted by molar-refractivity contribution is 5.97. The van der Waals surface area contributed by atoms with E-state index >= 15 is 0 Å². The van der Waals surface area contributed by atoms with E-state index in [9.17, 15) is 18.4 Å². The second-order valence-electron chi connectivity index (χ2n) is 8.76. The molecule has 0 saturated heterocycles. The topological polar surface area (TPSA) is 90.4 Å². The van der Waals surface area contributed by atoms with E-state index in [0.717, 1.165) is 17.7 Å². The summed E-state index contributed by atoms with van der Waals surface area (Å²) in [5, 5.41) is 3.01. The van der Waals surface area contributed by atoms with Gasteiger partial charge < -0.3 is 14.8 Å². The molecule has 37 heavy (non-hydrogen) atoms. The number of aromatic nitrogens is 2. The van der Waals surface area contributed by atoms with Gasteiger partial charge in [0.15, 0.2) is 5.82 Å². The second kappa shape index (κ2) is 12.9. The Morgan fingerprint density at radius 2 is 1.57 bits per heavy atom. The molecule has 1 N–H and O–H groups in total. The molecule has 0 amide bonds. The van der Waals surface area contributed by atoms with Crippen LogP contribution in [0.1, 0.15) is 63.2 Å². The summed E-state index contributed by atoms with van der Waals surface area (Å²) in [6.45, 7) is 12.7. The lowest BCUT2D eigenvalue weighted by Crippen LogP contribution is -2.24. The van der Waals surface area contributed by atoms with Crippen LogP contribution in [0.5, 0.6) is 0 Å². The Morgan fingerprint density at radius 3 is 2.11 bits per heavy atom. The first-order valence-electron chi connectivity index (χ1n) is 12.1. The highest BCUT2D eigenvalue weighted by atomic mass is 19.1. The maximum atomic E-state index is 14.4. The summed E-state index contributed by atoms with van der Waals surface area (Å²) in [4.78, 5) is 33.1. The molecule has 0 aliphatic rings. The van der Waals surface area contributed by atoms with E-state index in [1.165, 1.54) is 13.0 Å². The molecular weight excluding hydrogens is 480 g/mol. The monoisotopic (exact) mass is 513 g/mol. The van der Waals surface area contributed by atoms with Gasteiger partial charge in [-0.05, 0) is 64.4 Å². The van der Waals surface area contributed by atoms with Crippen LogP contribution >= 0.6 is 0 Å². The molecule has 2 aromatic carbocycles. The molecule has 0 bridgehead atoms. The van der Waals surface area contributed by atoms with Gasteiger partial charge in [0.25, 0.3) is 0 Å². The average molecular weight is 514 g/mol. The molecule has 0 atom stereocenters. The fraction of sp³-hybridized carbons (Fsp3) is 0.357. The van der Waals surface area contributed by atoms with Crippen LogP contribution in [-0.2, 0) is 20.7 Å². The number of nitrogens with one attached hydrogen (secondary N) is 1. The third-order valence-corrected chi connectivity index (χ3v) is 4.74. The predicted octanol–water partition coefficient (Wildman–Crippen LogP) is 6.56. The maximum Gasteiger partial charge on any atom is 0.343 e. The van der Waals surface area contributed by atoms with Crippen LogP contribution in [0.2, 0.25) is 0 Å². The largest absolute Gasteiger partial charge is 0.462 e. The van der Waals surface area contributed by atoms with E-state index in [2.05, 4.69) is 15.3 Å². The number of halogens is 2. The third-order valence-electron chi connectivity index (χ3n) is 4.74. The highest BCUT2D eigenvalue weighted by Gasteiger charge is 2.23. The van der Waals surface area contributed by atoms with Gasteiger partial charge in [0.1, 0.15) is 28.6 Å². The minimum atomic E-state index is -0.828. The minimum absolute atomic E-state index is 0.0356. The summed E-state index contributed by atoms with van der Waals surface area (Å²) in [5.41, 5.74) is 0.513. The number of nitrogens with zero attached hydrogens (tertiary/aromatic N) is 2. The average Bonchev–Trinajstić information content (AvgIpc) is 2.80. The number of hydrogen-bond donors (Lipinski definition) is 1. The zero-order chi connectivity index (χ0) is 27.8. The van der Waals surface area contributed by atoms with Crippen molar-refractivity contribution >= 4 is 23.4 Å². The molecule has 3 aromatic rings. The van der Waals surface area contributed by atoms with Crippen LogP contribution in [0.4, 0.5) is 20.3 Å². The smallest absolute Gasteiger partial charge is 0.343 e. The summed E-state index contributed by atoms with van der Waals surface area (Å²) in [6, 6.07) is 10.3. The van der Waals surface area contributed by atoms with Gasteiger partial charge in [-0.15, -0.1) is 0 Å². The van der Waals surface area contributed by atoms with E-state index in [4.69, 9.17) is 9.47 Å². The normalized spacial score (nSPS) is 10.7. The number of ether oxygens (including phenoxy) is 2. The first kappa shape index (κ1) is 29.4. The third kappa shape index (κ3) is 8.06. The molecule has 0 spiro atoms. The number of rotatable bonds is 7. The first-order chi connectivity index (χ1) is 17.5. The van der Waals surface area contributed by atoms with Gasteiger partial charge in [0, 0.05) is 5.69 Å². The summed E-state index contributed by atoms with van der Waals surface area (Å²) in [6.07, 6.45) is 0.0922. The van der Waals surface area contributed by atoms with Crippen LogP contribution in [0.3, 0.4) is 0 Å². The molecule has 0 saturated carbocycles. The molecule has 0 fully saturated rings. The number of anilines is 2. The lowest BCUT2D eigenvalue weighted by Gasteiger charge is -2.19. The van der Waals surface area contributed by atoms with E-state index in [0.29, 0.717) is 5.69 Å². The van der Waals surface area contributed by atoms with Gasteiger partial charge in [-0.25, -0.2) is 23.5 Å². The van der Waals surface area contributed by atoms with Crippen molar-refractivity contribution in [2.24, 2.45) is 0 Å². The second-order valence-corrected chi connectivity index (χ2v) is 8.76. The number of hydrogen-bond acceptors (Lipinski definition) is 7. The fourth-order valence-corrected chi connectivity index (χ4v) is 3.32. The molecular formula is C28H33F2N3O4. The summed E-state index contributed by atoms with van der Waals surface area (Å²) in [7, 11) is 0. The van der Waals surface area contributed by atoms with Crippen molar-refractivity contribution in [1.82, 2.24) is 9.97 Å². The SMILES string of the molecule is CC.CCOC(=O)c1c(C)nc(-c2c(F)cccc2F)nc1Nc1ccc(CC(=O)OC(C)(C)C)cc1. The summed E-state index contributed by atoms with van der Waals surface area (Å²) >= 11 is 0. The van der Waals surface area contributed by atoms with E-state index in [1.54, 1.807) is 52.0 Å². The predicted molar refractivity (Wildman–Crippen MR) is 139 cm³/mol. The van der Waals surface area contributed by atoms with Gasteiger partial charge >= 0.3 is 11.9 Å². The molecule has 1 aromatic heterocycles. The van der Waals surface area contributed by atoms with Crippen molar-refractivity contribution in [2.45, 2.75) is 60.5 Å². The van der Waals surface area contributed by atoms with Gasteiger partial charge in [-0.3, -0.25) is 4.79 Å². The van der Waals surface area contributed by atoms with Crippen molar-refractivity contribution in [1.29, 1.82) is 0 Å². The standard InChI is InChI=1S/C26H27F2N3O4.C2H6/c1-6-34-25(33)21-15(2)29-24(22-18(27)8-7-9-19(22)28)31-23(21)30-17-12-10-16(11-13-17)14-20(32)35-26(3,4)5;1-2/h7-13H,6,14H2,1-5H3,(H,29,30,31);1-2H3. The van der Waals surface area contributed by atoms with E-state index < -0.39 is 28.8 Å². The maximum absolute atomic E-state index is 14.4. The van der Waals surface area contributed by atoms with Gasteiger partial charge in [0.05, 0.1) is 24.3 Å². The zero-order valence-electron chi connectivity index (χ0n) is 22.2.